The predicted octanol–water partition coefficient (Wildman–Crippen LogP) is 4.27. The topological polar surface area (TPSA) is 18.5 Å². The molecular formula is C17H24O2. The van der Waals surface area contributed by atoms with Crippen LogP contribution in [0.3, 0.4) is 0 Å². The van der Waals surface area contributed by atoms with Crippen molar-refractivity contribution >= 4 is 5.57 Å². The molecular weight excluding hydrogens is 236 g/mol. The van der Waals surface area contributed by atoms with Crippen molar-refractivity contribution in [3.63, 3.8) is 0 Å². The highest BCUT2D eigenvalue weighted by Crippen LogP contribution is 2.21. The van der Waals surface area contributed by atoms with E-state index in [1.165, 1.54) is 30.4 Å². The van der Waals surface area contributed by atoms with Crippen LogP contribution in [0.4, 0.5) is 0 Å². The summed E-state index contributed by atoms with van der Waals surface area (Å²) in [6, 6.07) is 10.3. The van der Waals surface area contributed by atoms with Crippen molar-refractivity contribution in [1.82, 2.24) is 0 Å². The minimum Gasteiger partial charge on any atom is -0.498 e. The Kier molecular flexibility index (Phi) is 5.46. The second-order valence-corrected chi connectivity index (χ2v) is 5.34. The molecule has 2 rings (SSSR count). The molecule has 2 heteroatoms. The molecule has 1 fully saturated rings. The first-order valence-corrected chi connectivity index (χ1v) is 7.23. The maximum atomic E-state index is 5.91. The summed E-state index contributed by atoms with van der Waals surface area (Å²) in [6.07, 6.45) is 5.75. The number of ether oxygens (including phenoxy) is 2. The summed E-state index contributed by atoms with van der Waals surface area (Å²) >= 11 is 0. The van der Waals surface area contributed by atoms with E-state index in [-0.39, 0.29) is 6.10 Å². The van der Waals surface area contributed by atoms with Gasteiger partial charge in [-0.15, -0.1) is 0 Å². The molecule has 0 aliphatic carbocycles. The minimum atomic E-state index is 0.219. The highest BCUT2D eigenvalue weighted by atomic mass is 16.5. The van der Waals surface area contributed by atoms with E-state index in [9.17, 15) is 0 Å². The molecule has 19 heavy (non-hydrogen) atoms. The summed E-state index contributed by atoms with van der Waals surface area (Å²) in [7, 11) is 0. The fraction of sp³-hybridized carbons (Fsp3) is 0.529. The summed E-state index contributed by atoms with van der Waals surface area (Å²) in [5, 5.41) is 0. The zero-order chi connectivity index (χ0) is 13.5. The SMILES string of the molecule is C/C(=C/OC(C)C1CCCCOC1)c1ccccc1. The van der Waals surface area contributed by atoms with Gasteiger partial charge in [-0.3, -0.25) is 0 Å². The molecule has 0 amide bonds. The van der Waals surface area contributed by atoms with Gasteiger partial charge >= 0.3 is 0 Å². The number of rotatable bonds is 4. The van der Waals surface area contributed by atoms with Crippen molar-refractivity contribution < 1.29 is 9.47 Å². The van der Waals surface area contributed by atoms with E-state index in [1.807, 2.05) is 12.3 Å². The van der Waals surface area contributed by atoms with Gasteiger partial charge in [0.05, 0.1) is 12.9 Å². The number of allylic oxidation sites excluding steroid dienone is 1. The fourth-order valence-electron chi connectivity index (χ4n) is 2.39. The lowest BCUT2D eigenvalue weighted by molar-refractivity contribution is 0.0391. The Morgan fingerprint density at radius 2 is 2.11 bits per heavy atom. The highest BCUT2D eigenvalue weighted by Gasteiger charge is 2.20. The summed E-state index contributed by atoms with van der Waals surface area (Å²) < 4.78 is 11.5. The lowest BCUT2D eigenvalue weighted by atomic mass is 9.98. The molecule has 0 bridgehead atoms. The zero-order valence-corrected chi connectivity index (χ0v) is 12.0. The largest absolute Gasteiger partial charge is 0.498 e. The molecule has 1 aliphatic rings. The summed E-state index contributed by atoms with van der Waals surface area (Å²) in [5.74, 6) is 0.516. The number of hydrogen-bond donors (Lipinski definition) is 0. The second kappa shape index (κ2) is 7.34. The number of benzene rings is 1. The molecule has 0 saturated carbocycles. The van der Waals surface area contributed by atoms with Gasteiger partial charge in [-0.2, -0.15) is 0 Å². The summed E-state index contributed by atoms with van der Waals surface area (Å²) in [5.41, 5.74) is 2.38. The van der Waals surface area contributed by atoms with Crippen molar-refractivity contribution in [3.8, 4) is 0 Å². The quantitative estimate of drug-likeness (QED) is 0.753. The molecule has 2 unspecified atom stereocenters. The zero-order valence-electron chi connectivity index (χ0n) is 12.0. The molecule has 1 aromatic carbocycles. The van der Waals surface area contributed by atoms with Gasteiger partial charge in [0.2, 0.25) is 0 Å². The van der Waals surface area contributed by atoms with Gasteiger partial charge in [0.15, 0.2) is 0 Å². The number of hydrogen-bond acceptors (Lipinski definition) is 2. The van der Waals surface area contributed by atoms with E-state index in [0.29, 0.717) is 5.92 Å². The summed E-state index contributed by atoms with van der Waals surface area (Å²) in [4.78, 5) is 0. The Morgan fingerprint density at radius 1 is 1.32 bits per heavy atom. The van der Waals surface area contributed by atoms with E-state index in [0.717, 1.165) is 13.2 Å². The first kappa shape index (κ1) is 14.1. The van der Waals surface area contributed by atoms with Crippen molar-refractivity contribution in [2.45, 2.75) is 39.2 Å². The van der Waals surface area contributed by atoms with E-state index in [2.05, 4.69) is 38.1 Å². The normalized spacial score (nSPS) is 22.6. The first-order valence-electron chi connectivity index (χ1n) is 7.23. The fourth-order valence-corrected chi connectivity index (χ4v) is 2.39. The monoisotopic (exact) mass is 260 g/mol. The molecule has 0 radical (unpaired) electrons. The molecule has 104 valence electrons. The van der Waals surface area contributed by atoms with Crippen LogP contribution in [0, 0.1) is 5.92 Å². The van der Waals surface area contributed by atoms with Gasteiger partial charge in [0.25, 0.3) is 0 Å². The minimum absolute atomic E-state index is 0.219. The Bertz CT molecular complexity index is 389. The van der Waals surface area contributed by atoms with Gasteiger partial charge in [-0.1, -0.05) is 36.8 Å². The molecule has 2 nitrogen and oxygen atoms in total. The van der Waals surface area contributed by atoms with E-state index in [4.69, 9.17) is 9.47 Å². The average molecular weight is 260 g/mol. The molecule has 1 aliphatic heterocycles. The van der Waals surface area contributed by atoms with Crippen LogP contribution >= 0.6 is 0 Å². The van der Waals surface area contributed by atoms with Gasteiger partial charge in [0.1, 0.15) is 6.10 Å². The van der Waals surface area contributed by atoms with E-state index in [1.54, 1.807) is 0 Å². The van der Waals surface area contributed by atoms with Crippen molar-refractivity contribution in [3.05, 3.63) is 42.2 Å². The van der Waals surface area contributed by atoms with Gasteiger partial charge in [0, 0.05) is 12.5 Å². The predicted molar refractivity (Wildman–Crippen MR) is 78.8 cm³/mol. The third-order valence-electron chi connectivity index (χ3n) is 3.80. The average Bonchev–Trinajstić information content (AvgIpc) is 2.74. The van der Waals surface area contributed by atoms with Gasteiger partial charge < -0.3 is 9.47 Å². The van der Waals surface area contributed by atoms with Crippen LogP contribution in [0.25, 0.3) is 5.57 Å². The molecule has 1 aromatic rings. The molecule has 2 atom stereocenters. The Balaban J connectivity index is 1.89. The molecule has 0 N–H and O–H groups in total. The first-order chi connectivity index (χ1) is 9.27. The maximum Gasteiger partial charge on any atom is 0.100 e. The Labute approximate surface area is 116 Å². The lowest BCUT2D eigenvalue weighted by Crippen LogP contribution is -2.22. The van der Waals surface area contributed by atoms with Crippen molar-refractivity contribution in [2.24, 2.45) is 5.92 Å². The van der Waals surface area contributed by atoms with Crippen LogP contribution in [-0.2, 0) is 9.47 Å². The highest BCUT2D eigenvalue weighted by molar-refractivity contribution is 5.62. The lowest BCUT2D eigenvalue weighted by Gasteiger charge is -2.21. The third-order valence-corrected chi connectivity index (χ3v) is 3.80. The smallest absolute Gasteiger partial charge is 0.100 e. The van der Waals surface area contributed by atoms with Crippen molar-refractivity contribution in [1.29, 1.82) is 0 Å². The standard InChI is InChI=1S/C17H24O2/c1-14(16-8-4-3-5-9-16)12-19-15(2)17-10-6-7-11-18-13-17/h3-5,8-9,12,15,17H,6-7,10-11,13H2,1-2H3/b14-12-. The molecule has 1 heterocycles. The van der Waals surface area contributed by atoms with Gasteiger partial charge in [-0.25, -0.2) is 0 Å². The Morgan fingerprint density at radius 3 is 2.89 bits per heavy atom. The van der Waals surface area contributed by atoms with Crippen LogP contribution in [0.5, 0.6) is 0 Å². The maximum absolute atomic E-state index is 5.91. The van der Waals surface area contributed by atoms with Crippen LogP contribution in [0.1, 0.15) is 38.7 Å². The Hall–Kier alpha value is -1.28. The van der Waals surface area contributed by atoms with Crippen LogP contribution in [0.2, 0.25) is 0 Å². The second-order valence-electron chi connectivity index (χ2n) is 5.34. The van der Waals surface area contributed by atoms with E-state index < -0.39 is 0 Å². The van der Waals surface area contributed by atoms with Crippen molar-refractivity contribution in [2.75, 3.05) is 13.2 Å². The van der Waals surface area contributed by atoms with E-state index >= 15 is 0 Å². The van der Waals surface area contributed by atoms with Gasteiger partial charge in [-0.05, 0) is 37.8 Å². The van der Waals surface area contributed by atoms with Crippen LogP contribution in [-0.4, -0.2) is 19.3 Å². The molecule has 0 spiro atoms. The molecule has 1 saturated heterocycles. The van der Waals surface area contributed by atoms with Crippen LogP contribution < -0.4 is 0 Å². The third kappa shape index (κ3) is 4.39. The van der Waals surface area contributed by atoms with Crippen LogP contribution in [0.15, 0.2) is 36.6 Å². The molecule has 0 aromatic heterocycles. The summed E-state index contributed by atoms with van der Waals surface area (Å²) in [6.45, 7) is 5.97.